The van der Waals surface area contributed by atoms with Gasteiger partial charge in [-0.05, 0) is 33.6 Å². The fraction of sp³-hybridized carbons (Fsp3) is 0.185. The van der Waals surface area contributed by atoms with Crippen LogP contribution in [0, 0.1) is 0 Å². The normalized spacial score (nSPS) is 10.5. The van der Waals surface area contributed by atoms with Crippen molar-refractivity contribution in [3.05, 3.63) is 97.6 Å². The number of rotatable bonds is 3. The Morgan fingerprint density at radius 3 is 1.40 bits per heavy atom. The zero-order valence-electron chi connectivity index (χ0n) is 18.8. The average molecular weight is 597 g/mol. The maximum atomic E-state index is 3.46. The van der Waals surface area contributed by atoms with Gasteiger partial charge in [0.1, 0.15) is 0 Å². The molecule has 4 aromatic carbocycles. The number of benzene rings is 2. The van der Waals surface area contributed by atoms with Crippen LogP contribution in [-0.4, -0.2) is 26.7 Å². The van der Waals surface area contributed by atoms with Crippen molar-refractivity contribution < 1.29 is 25.8 Å². The molecule has 0 fully saturated rings. The van der Waals surface area contributed by atoms with Gasteiger partial charge in [0.05, 0.1) is 0 Å². The van der Waals surface area contributed by atoms with Crippen molar-refractivity contribution in [1.82, 2.24) is 0 Å². The van der Waals surface area contributed by atoms with Gasteiger partial charge in [-0.2, -0.15) is 12.1 Å². The molecule has 0 spiro atoms. The minimum atomic E-state index is 0. The van der Waals surface area contributed by atoms with Gasteiger partial charge in [0, 0.05) is 25.8 Å². The van der Waals surface area contributed by atoms with E-state index in [1.54, 1.807) is 6.08 Å². The SMILES string of the molecule is C=CC=CC.CP(C)c1cc2ccccc2[cH-]1.CP(C)c1cc2ccccc2[cH-]1.[Hf]. The first-order valence-corrected chi connectivity index (χ1v) is 14.3. The van der Waals surface area contributed by atoms with Crippen LogP contribution in [-0.2, 0) is 25.8 Å². The maximum absolute atomic E-state index is 3.46. The van der Waals surface area contributed by atoms with Crippen molar-refractivity contribution in [2.45, 2.75) is 6.92 Å². The van der Waals surface area contributed by atoms with Gasteiger partial charge in [-0.1, -0.05) is 36.9 Å². The molecule has 156 valence electrons. The van der Waals surface area contributed by atoms with Crippen LogP contribution < -0.4 is 10.6 Å². The molecule has 4 aromatic rings. The minimum Gasteiger partial charge on any atom is -0.161 e. The fourth-order valence-electron chi connectivity index (χ4n) is 2.92. The Kier molecular flexibility index (Phi) is 12.6. The third kappa shape index (κ3) is 8.19. The predicted molar refractivity (Wildman–Crippen MR) is 141 cm³/mol. The summed E-state index contributed by atoms with van der Waals surface area (Å²) < 4.78 is 0. The summed E-state index contributed by atoms with van der Waals surface area (Å²) in [4.78, 5) is 0. The molecule has 30 heavy (non-hydrogen) atoms. The molecular weight excluding hydrogens is 565 g/mol. The number of hydrogen-bond acceptors (Lipinski definition) is 0. The molecular formula is C27H32HfP2-2. The molecule has 0 unspecified atom stereocenters. The molecule has 0 N–H and O–H groups in total. The molecule has 0 saturated heterocycles. The maximum Gasteiger partial charge on any atom is 0 e. The molecule has 0 amide bonds. The van der Waals surface area contributed by atoms with E-state index in [4.69, 9.17) is 0 Å². The Morgan fingerprint density at radius 1 is 0.733 bits per heavy atom. The molecule has 0 aromatic heterocycles. The zero-order valence-corrected chi connectivity index (χ0v) is 24.1. The van der Waals surface area contributed by atoms with E-state index in [1.807, 2.05) is 19.1 Å². The fourth-order valence-corrected chi connectivity index (χ4v) is 4.51. The Labute approximate surface area is 204 Å². The van der Waals surface area contributed by atoms with Crippen LogP contribution in [0.15, 0.2) is 97.6 Å². The second kappa shape index (κ2) is 14.0. The summed E-state index contributed by atoms with van der Waals surface area (Å²) in [6, 6.07) is 26.3. The molecule has 3 heteroatoms. The van der Waals surface area contributed by atoms with E-state index in [-0.39, 0.29) is 41.7 Å². The van der Waals surface area contributed by atoms with Crippen molar-refractivity contribution in [3.63, 3.8) is 0 Å². The van der Waals surface area contributed by atoms with E-state index < -0.39 is 0 Å². The van der Waals surface area contributed by atoms with Gasteiger partial charge in [-0.3, -0.25) is 0 Å². The molecule has 0 bridgehead atoms. The summed E-state index contributed by atoms with van der Waals surface area (Å²) in [6.07, 6.45) is 5.58. The van der Waals surface area contributed by atoms with E-state index in [1.165, 1.54) is 32.2 Å². The molecule has 0 heterocycles. The van der Waals surface area contributed by atoms with E-state index in [0.717, 1.165) is 0 Å². The standard InChI is InChI=1S/2C11H12P.C5H8.Hf/c2*1-12(2)11-7-9-5-3-4-6-10(9)8-11;1-3-5-4-2;/h2*3-8H,1-2H3;3-5H,1H2,2H3;/q2*-1;;. The Bertz CT molecular complexity index is 907. The molecule has 0 saturated carbocycles. The quantitative estimate of drug-likeness (QED) is 0.0989. The van der Waals surface area contributed by atoms with Crippen LogP contribution in [0.5, 0.6) is 0 Å². The van der Waals surface area contributed by atoms with Crippen LogP contribution in [0.3, 0.4) is 0 Å². The molecule has 0 nitrogen and oxygen atoms in total. The smallest absolute Gasteiger partial charge is 0 e. The summed E-state index contributed by atoms with van der Waals surface area (Å²) in [5.74, 6) is 0. The molecule has 0 aliphatic heterocycles. The van der Waals surface area contributed by atoms with Gasteiger partial charge in [-0.25, -0.2) is 0 Å². The summed E-state index contributed by atoms with van der Waals surface area (Å²) >= 11 is 0. The van der Waals surface area contributed by atoms with Gasteiger partial charge in [0.2, 0.25) is 0 Å². The monoisotopic (exact) mass is 598 g/mol. The second-order valence-corrected chi connectivity index (χ2v) is 11.8. The van der Waals surface area contributed by atoms with Crippen LogP contribution in [0.4, 0.5) is 0 Å². The van der Waals surface area contributed by atoms with Crippen molar-refractivity contribution in [1.29, 1.82) is 0 Å². The summed E-state index contributed by atoms with van der Waals surface area (Å²) in [5.41, 5.74) is 0. The first-order chi connectivity index (χ1) is 14.0. The molecule has 0 radical (unpaired) electrons. The van der Waals surface area contributed by atoms with Crippen molar-refractivity contribution in [2.24, 2.45) is 0 Å². The first-order valence-electron chi connectivity index (χ1n) is 9.85. The van der Waals surface area contributed by atoms with E-state index in [0.29, 0.717) is 0 Å². The largest absolute Gasteiger partial charge is 0.161 e. The summed E-state index contributed by atoms with van der Waals surface area (Å²) in [6.45, 7) is 14.6. The van der Waals surface area contributed by atoms with Gasteiger partial charge in [0.15, 0.2) is 0 Å². The number of fused-ring (bicyclic) bond motifs is 2. The van der Waals surface area contributed by atoms with E-state index in [2.05, 4.69) is 106 Å². The molecule has 0 atom stereocenters. The van der Waals surface area contributed by atoms with Gasteiger partial charge >= 0.3 is 0 Å². The number of allylic oxidation sites excluding steroid dienone is 3. The zero-order chi connectivity index (χ0) is 21.2. The third-order valence-electron chi connectivity index (χ3n) is 4.57. The molecule has 4 rings (SSSR count). The van der Waals surface area contributed by atoms with Crippen molar-refractivity contribution in [2.75, 3.05) is 26.7 Å². The van der Waals surface area contributed by atoms with E-state index in [9.17, 15) is 0 Å². The second-order valence-electron chi connectivity index (χ2n) is 7.24. The van der Waals surface area contributed by atoms with Crippen molar-refractivity contribution in [3.8, 4) is 0 Å². The first kappa shape index (κ1) is 26.9. The van der Waals surface area contributed by atoms with Gasteiger partial charge in [0.25, 0.3) is 0 Å². The third-order valence-corrected chi connectivity index (χ3v) is 7.15. The van der Waals surface area contributed by atoms with Gasteiger partial charge < -0.3 is 0 Å². The Balaban J connectivity index is 0.000000241. The topological polar surface area (TPSA) is 0 Å². The predicted octanol–water partition coefficient (Wildman–Crippen LogP) is 7.60. The van der Waals surface area contributed by atoms with E-state index >= 15 is 0 Å². The molecule has 0 aliphatic carbocycles. The minimum absolute atomic E-state index is 0. The summed E-state index contributed by atoms with van der Waals surface area (Å²) in [7, 11) is 0.115. The summed E-state index contributed by atoms with van der Waals surface area (Å²) in [5, 5.41) is 8.53. The van der Waals surface area contributed by atoms with Gasteiger partial charge in [-0.15, -0.1) is 96.5 Å². The van der Waals surface area contributed by atoms with Crippen LogP contribution in [0.25, 0.3) is 21.5 Å². The average Bonchev–Trinajstić information content (AvgIpc) is 3.34. The van der Waals surface area contributed by atoms with Crippen LogP contribution >= 0.6 is 15.8 Å². The van der Waals surface area contributed by atoms with Crippen LogP contribution in [0.2, 0.25) is 0 Å². The molecule has 0 aliphatic rings. The van der Waals surface area contributed by atoms with Crippen LogP contribution in [0.1, 0.15) is 6.92 Å². The Morgan fingerprint density at radius 2 is 1.13 bits per heavy atom. The number of hydrogen-bond donors (Lipinski definition) is 0. The van der Waals surface area contributed by atoms with Crippen molar-refractivity contribution >= 4 is 48.0 Å². The Hall–Kier alpha value is -1.13.